The van der Waals surface area contributed by atoms with Crippen molar-refractivity contribution in [2.24, 2.45) is 7.05 Å². The summed E-state index contributed by atoms with van der Waals surface area (Å²) in [5, 5.41) is 32.1. The van der Waals surface area contributed by atoms with E-state index in [1.165, 1.54) is 47.3 Å². The Morgan fingerprint density at radius 3 is 2.26 bits per heavy atom. The van der Waals surface area contributed by atoms with E-state index in [4.69, 9.17) is 18.9 Å². The largest absolute Gasteiger partial charge is 0.507 e. The van der Waals surface area contributed by atoms with Gasteiger partial charge >= 0.3 is 0 Å². The van der Waals surface area contributed by atoms with E-state index in [1.807, 2.05) is 0 Å². The molecule has 2 atom stereocenters. The van der Waals surface area contributed by atoms with Crippen LogP contribution in [0.1, 0.15) is 25.5 Å². The Kier molecular flexibility index (Phi) is 4.71. The molecule has 0 saturated carbocycles. The molecular formula is C22H25NO8. The van der Waals surface area contributed by atoms with Crippen molar-refractivity contribution in [3.63, 3.8) is 0 Å². The highest BCUT2D eigenvalue weighted by molar-refractivity contribution is 6.03. The van der Waals surface area contributed by atoms with Gasteiger partial charge in [0.25, 0.3) is 0 Å². The Morgan fingerprint density at radius 1 is 1.06 bits per heavy atom. The number of aliphatic hydroxyl groups is 2. The summed E-state index contributed by atoms with van der Waals surface area (Å²) in [5.41, 5.74) is -0.798. The fourth-order valence-electron chi connectivity index (χ4n) is 4.32. The first kappa shape index (κ1) is 21.1. The first-order valence-corrected chi connectivity index (χ1v) is 9.65. The smallest absolute Gasteiger partial charge is 0.201 e. The maximum atomic E-state index is 13.5. The molecule has 0 amide bonds. The van der Waals surface area contributed by atoms with Crippen LogP contribution < -0.4 is 24.4 Å². The van der Waals surface area contributed by atoms with Crippen molar-refractivity contribution in [2.75, 3.05) is 21.3 Å². The van der Waals surface area contributed by atoms with Crippen LogP contribution in [0.3, 0.4) is 0 Å². The number of pyridine rings is 1. The van der Waals surface area contributed by atoms with Crippen LogP contribution in [0.15, 0.2) is 16.9 Å². The van der Waals surface area contributed by atoms with E-state index in [0.29, 0.717) is 16.6 Å². The number of ether oxygens (including phenoxy) is 4. The van der Waals surface area contributed by atoms with Gasteiger partial charge in [0.05, 0.1) is 43.2 Å². The molecule has 3 aromatic rings. The van der Waals surface area contributed by atoms with E-state index in [-0.39, 0.29) is 39.5 Å². The Bertz CT molecular complexity index is 1270. The normalized spacial score (nSPS) is 18.2. The van der Waals surface area contributed by atoms with Gasteiger partial charge in [0, 0.05) is 18.7 Å². The number of fused-ring (bicyclic) bond motifs is 3. The zero-order valence-electron chi connectivity index (χ0n) is 18.1. The minimum Gasteiger partial charge on any atom is -0.507 e. The highest BCUT2D eigenvalue weighted by Crippen LogP contribution is 2.50. The van der Waals surface area contributed by atoms with Crippen molar-refractivity contribution in [3.8, 4) is 28.7 Å². The van der Waals surface area contributed by atoms with Gasteiger partial charge in [0.15, 0.2) is 29.1 Å². The van der Waals surface area contributed by atoms with Gasteiger partial charge in [-0.2, -0.15) is 0 Å². The van der Waals surface area contributed by atoms with Crippen LogP contribution in [0.4, 0.5) is 0 Å². The zero-order chi connectivity index (χ0) is 22.8. The Balaban J connectivity index is 2.20. The van der Waals surface area contributed by atoms with E-state index in [1.54, 1.807) is 11.6 Å². The van der Waals surface area contributed by atoms with Crippen LogP contribution in [-0.4, -0.2) is 52.9 Å². The summed E-state index contributed by atoms with van der Waals surface area (Å²) in [6.45, 7) is 3.06. The zero-order valence-corrected chi connectivity index (χ0v) is 18.1. The van der Waals surface area contributed by atoms with Crippen molar-refractivity contribution in [3.05, 3.63) is 27.9 Å². The summed E-state index contributed by atoms with van der Waals surface area (Å²) in [4.78, 5) is 13.5. The molecular weight excluding hydrogens is 406 g/mol. The highest BCUT2D eigenvalue weighted by Gasteiger charge is 2.45. The van der Waals surface area contributed by atoms with E-state index in [9.17, 15) is 20.1 Å². The lowest BCUT2D eigenvalue weighted by molar-refractivity contribution is -0.0766. The van der Waals surface area contributed by atoms with Crippen molar-refractivity contribution in [1.82, 2.24) is 4.57 Å². The minimum atomic E-state index is -1.35. The fourth-order valence-corrected chi connectivity index (χ4v) is 4.32. The number of hydrogen-bond donors (Lipinski definition) is 3. The number of aryl methyl sites for hydroxylation is 1. The van der Waals surface area contributed by atoms with Crippen molar-refractivity contribution < 1.29 is 34.3 Å². The number of phenolic OH excluding ortho intramolecular Hbond substituents is 1. The summed E-state index contributed by atoms with van der Waals surface area (Å²) in [6.07, 6.45) is -2.13. The van der Waals surface area contributed by atoms with Crippen LogP contribution in [0.5, 0.6) is 28.7 Å². The molecule has 2 aromatic carbocycles. The van der Waals surface area contributed by atoms with Gasteiger partial charge in [-0.1, -0.05) is 0 Å². The maximum Gasteiger partial charge on any atom is 0.201 e. The third-order valence-electron chi connectivity index (χ3n) is 5.76. The standard InChI is InChI=1S/C22H25NO8/c1-22(2,27)21-17(26)10-7-9-14(20(30-6)18(10)31-21)23(3)15-13(16(9)25)11(24)8-12(28-4)19(15)29-5/h7-8,17,21,24,26-27H,1-6H3/t17-,21-/m0/s1. The monoisotopic (exact) mass is 431 g/mol. The quantitative estimate of drug-likeness (QED) is 0.537. The third kappa shape index (κ3) is 2.80. The SMILES string of the molecule is COc1cc(O)c2c(=O)c3cc4c(c(OC)c3n(C)c2c1OC)O[C@H](C(C)(C)O)[C@H]4O. The van der Waals surface area contributed by atoms with E-state index in [0.717, 1.165) is 0 Å². The average molecular weight is 431 g/mol. The molecule has 0 aliphatic carbocycles. The van der Waals surface area contributed by atoms with Gasteiger partial charge in [-0.25, -0.2) is 0 Å². The highest BCUT2D eigenvalue weighted by atomic mass is 16.5. The fraction of sp³-hybridized carbons (Fsp3) is 0.409. The number of aromatic nitrogens is 1. The summed E-state index contributed by atoms with van der Waals surface area (Å²) < 4.78 is 24.0. The van der Waals surface area contributed by atoms with Crippen molar-refractivity contribution in [2.45, 2.75) is 31.7 Å². The number of phenols is 1. The summed E-state index contributed by atoms with van der Waals surface area (Å²) in [7, 11) is 5.99. The number of aliphatic hydroxyl groups excluding tert-OH is 1. The molecule has 0 unspecified atom stereocenters. The van der Waals surface area contributed by atoms with Gasteiger partial charge in [0.2, 0.25) is 5.43 Å². The second-order valence-corrected chi connectivity index (χ2v) is 8.10. The van der Waals surface area contributed by atoms with E-state index >= 15 is 0 Å². The molecule has 2 heterocycles. The van der Waals surface area contributed by atoms with Gasteiger partial charge in [0.1, 0.15) is 17.4 Å². The molecule has 0 fully saturated rings. The lowest BCUT2D eigenvalue weighted by Gasteiger charge is -2.27. The molecule has 1 aliphatic rings. The molecule has 1 aromatic heterocycles. The molecule has 0 spiro atoms. The molecule has 0 bridgehead atoms. The number of rotatable bonds is 4. The van der Waals surface area contributed by atoms with Crippen molar-refractivity contribution in [1.29, 1.82) is 0 Å². The molecule has 166 valence electrons. The topological polar surface area (TPSA) is 120 Å². The van der Waals surface area contributed by atoms with Gasteiger partial charge < -0.3 is 38.8 Å². The Morgan fingerprint density at radius 2 is 1.71 bits per heavy atom. The number of methoxy groups -OCH3 is 3. The van der Waals surface area contributed by atoms with Crippen molar-refractivity contribution >= 4 is 21.8 Å². The Hall–Kier alpha value is -3.17. The lowest BCUT2D eigenvalue weighted by Crippen LogP contribution is -2.41. The molecule has 4 rings (SSSR count). The van der Waals surface area contributed by atoms with Gasteiger partial charge in [-0.3, -0.25) is 4.79 Å². The molecule has 9 heteroatoms. The van der Waals surface area contributed by atoms with Crippen LogP contribution >= 0.6 is 0 Å². The predicted molar refractivity (Wildman–Crippen MR) is 114 cm³/mol. The lowest BCUT2D eigenvalue weighted by atomic mass is 9.93. The molecule has 9 nitrogen and oxygen atoms in total. The number of aromatic hydroxyl groups is 1. The number of nitrogens with zero attached hydrogens (tertiary/aromatic N) is 1. The first-order chi connectivity index (χ1) is 14.6. The van der Waals surface area contributed by atoms with Crippen LogP contribution in [0.2, 0.25) is 0 Å². The van der Waals surface area contributed by atoms with Crippen LogP contribution in [0.25, 0.3) is 21.8 Å². The maximum absolute atomic E-state index is 13.5. The minimum absolute atomic E-state index is 0.0436. The second kappa shape index (κ2) is 6.93. The molecule has 1 aliphatic heterocycles. The van der Waals surface area contributed by atoms with Gasteiger partial charge in [-0.05, 0) is 19.9 Å². The second-order valence-electron chi connectivity index (χ2n) is 8.10. The summed E-state index contributed by atoms with van der Waals surface area (Å²) in [5.74, 6) is 0.741. The van der Waals surface area contributed by atoms with Gasteiger partial charge in [-0.15, -0.1) is 0 Å². The number of hydrogen-bond acceptors (Lipinski definition) is 8. The van der Waals surface area contributed by atoms with Crippen LogP contribution in [-0.2, 0) is 7.05 Å². The summed E-state index contributed by atoms with van der Waals surface area (Å²) >= 11 is 0. The molecule has 31 heavy (non-hydrogen) atoms. The molecule has 0 radical (unpaired) electrons. The molecule has 0 saturated heterocycles. The first-order valence-electron chi connectivity index (χ1n) is 9.65. The number of benzene rings is 2. The predicted octanol–water partition coefficient (Wildman–Crippen LogP) is 1.99. The third-order valence-corrected chi connectivity index (χ3v) is 5.76. The summed E-state index contributed by atoms with van der Waals surface area (Å²) in [6, 6.07) is 2.84. The van der Waals surface area contributed by atoms with Crippen LogP contribution in [0, 0.1) is 0 Å². The molecule has 3 N–H and O–H groups in total. The average Bonchev–Trinajstić information content (AvgIpc) is 3.06. The Labute approximate surface area is 178 Å². The van der Waals surface area contributed by atoms with E-state index in [2.05, 4.69) is 0 Å². The van der Waals surface area contributed by atoms with E-state index < -0.39 is 23.2 Å².